The molecule has 1 aromatic carbocycles. The standard InChI is InChI=1S/C21H26N6O/c1-2-11-27-19(22)17(21(28)23-10-14-26-12-6-3-7-13-26)18-20(27)25-16-9-5-4-8-15(16)24-18/h2,4-5,8-9H,1,3,6-7,10-14,22H2,(H,23,28). The molecule has 0 aliphatic carbocycles. The number of hydrogen-bond donors (Lipinski definition) is 2. The fraction of sp³-hybridized carbons (Fsp3) is 0.381. The first kappa shape index (κ1) is 18.4. The number of allylic oxidation sites excluding steroid dienone is 1. The van der Waals surface area contributed by atoms with Gasteiger partial charge in [-0.25, -0.2) is 9.97 Å². The molecule has 7 heteroatoms. The van der Waals surface area contributed by atoms with E-state index >= 15 is 0 Å². The molecule has 2 aromatic heterocycles. The summed E-state index contributed by atoms with van der Waals surface area (Å²) < 4.78 is 1.79. The molecule has 146 valence electrons. The third kappa shape index (κ3) is 3.45. The number of nitrogens with two attached hydrogens (primary N) is 1. The van der Waals surface area contributed by atoms with Gasteiger partial charge < -0.3 is 20.5 Å². The van der Waals surface area contributed by atoms with E-state index in [9.17, 15) is 4.79 Å². The Morgan fingerprint density at radius 3 is 2.61 bits per heavy atom. The molecular weight excluding hydrogens is 352 g/mol. The maximum atomic E-state index is 13.0. The molecule has 1 aliphatic rings. The number of carbonyl (C=O) groups excluding carboxylic acids is 1. The molecule has 1 amide bonds. The number of anilines is 1. The third-order valence-electron chi connectivity index (χ3n) is 5.29. The van der Waals surface area contributed by atoms with E-state index in [1.165, 1.54) is 19.3 Å². The lowest BCUT2D eigenvalue weighted by Gasteiger charge is -2.26. The van der Waals surface area contributed by atoms with Crippen molar-refractivity contribution in [1.82, 2.24) is 24.8 Å². The Kier molecular flexibility index (Phi) is 5.25. The van der Waals surface area contributed by atoms with E-state index in [0.717, 1.165) is 30.7 Å². The maximum Gasteiger partial charge on any atom is 0.257 e. The van der Waals surface area contributed by atoms with E-state index in [1.807, 2.05) is 24.3 Å². The normalized spacial score (nSPS) is 15.1. The van der Waals surface area contributed by atoms with E-state index in [0.29, 0.717) is 35.6 Å². The van der Waals surface area contributed by atoms with Crippen LogP contribution in [0.1, 0.15) is 29.6 Å². The number of benzene rings is 1. The fourth-order valence-electron chi connectivity index (χ4n) is 3.85. The molecule has 1 fully saturated rings. The monoisotopic (exact) mass is 378 g/mol. The molecule has 0 radical (unpaired) electrons. The van der Waals surface area contributed by atoms with Crippen LogP contribution in [0.4, 0.5) is 5.82 Å². The van der Waals surface area contributed by atoms with Gasteiger partial charge in [0.05, 0.1) is 11.0 Å². The second-order valence-corrected chi connectivity index (χ2v) is 7.20. The zero-order valence-electron chi connectivity index (χ0n) is 16.0. The van der Waals surface area contributed by atoms with E-state index in [-0.39, 0.29) is 5.91 Å². The van der Waals surface area contributed by atoms with E-state index in [2.05, 4.69) is 16.8 Å². The predicted molar refractivity (Wildman–Crippen MR) is 112 cm³/mol. The van der Waals surface area contributed by atoms with Crippen LogP contribution in [0, 0.1) is 0 Å². The molecule has 3 N–H and O–H groups in total. The summed E-state index contributed by atoms with van der Waals surface area (Å²) in [7, 11) is 0. The maximum absolute atomic E-state index is 13.0. The van der Waals surface area contributed by atoms with Gasteiger partial charge in [0.1, 0.15) is 16.9 Å². The number of fused-ring (bicyclic) bond motifs is 2. The number of rotatable bonds is 6. The molecule has 28 heavy (non-hydrogen) atoms. The molecule has 0 atom stereocenters. The highest BCUT2D eigenvalue weighted by Crippen LogP contribution is 2.27. The number of aromatic nitrogens is 3. The molecule has 0 saturated carbocycles. The first-order chi connectivity index (χ1) is 13.7. The predicted octanol–water partition coefficient (Wildman–Crippen LogP) is 2.57. The van der Waals surface area contributed by atoms with Crippen LogP contribution in [0.25, 0.3) is 22.2 Å². The molecule has 1 saturated heterocycles. The molecule has 7 nitrogen and oxygen atoms in total. The van der Waals surface area contributed by atoms with Crippen LogP contribution < -0.4 is 11.1 Å². The molecule has 1 aliphatic heterocycles. The molecule has 3 aromatic rings. The lowest BCUT2D eigenvalue weighted by molar-refractivity contribution is 0.0949. The Hall–Kier alpha value is -2.93. The Bertz CT molecular complexity index is 1020. The zero-order valence-corrected chi connectivity index (χ0v) is 16.0. The van der Waals surface area contributed by atoms with Crippen LogP contribution in [-0.4, -0.2) is 51.5 Å². The summed E-state index contributed by atoms with van der Waals surface area (Å²) in [4.78, 5) is 24.7. The second-order valence-electron chi connectivity index (χ2n) is 7.20. The average molecular weight is 378 g/mol. The quantitative estimate of drug-likeness (QED) is 0.644. The van der Waals surface area contributed by atoms with Gasteiger partial charge in [-0.05, 0) is 38.1 Å². The largest absolute Gasteiger partial charge is 0.384 e. The lowest BCUT2D eigenvalue weighted by Crippen LogP contribution is -2.37. The van der Waals surface area contributed by atoms with Gasteiger partial charge in [0.25, 0.3) is 5.91 Å². The number of carbonyl (C=O) groups is 1. The minimum absolute atomic E-state index is 0.202. The van der Waals surface area contributed by atoms with Crippen LogP contribution in [0.3, 0.4) is 0 Å². The first-order valence-electron chi connectivity index (χ1n) is 9.85. The molecular formula is C21H26N6O. The fourth-order valence-corrected chi connectivity index (χ4v) is 3.85. The van der Waals surface area contributed by atoms with Crippen molar-refractivity contribution in [1.29, 1.82) is 0 Å². The summed E-state index contributed by atoms with van der Waals surface area (Å²) in [6.07, 6.45) is 5.51. The van der Waals surface area contributed by atoms with Gasteiger partial charge in [0.15, 0.2) is 5.65 Å². The number of piperidine rings is 1. The van der Waals surface area contributed by atoms with Crippen molar-refractivity contribution >= 4 is 33.9 Å². The Labute approximate surface area is 164 Å². The number of para-hydroxylation sites is 2. The van der Waals surface area contributed by atoms with Crippen molar-refractivity contribution in [3.63, 3.8) is 0 Å². The van der Waals surface area contributed by atoms with Gasteiger partial charge in [-0.15, -0.1) is 6.58 Å². The smallest absolute Gasteiger partial charge is 0.257 e. The van der Waals surface area contributed by atoms with Gasteiger partial charge in [-0.1, -0.05) is 24.6 Å². The van der Waals surface area contributed by atoms with Crippen molar-refractivity contribution < 1.29 is 4.79 Å². The highest BCUT2D eigenvalue weighted by atomic mass is 16.1. The molecule has 4 rings (SSSR count). The van der Waals surface area contributed by atoms with Crippen LogP contribution in [0.2, 0.25) is 0 Å². The van der Waals surface area contributed by atoms with Crippen LogP contribution in [0.15, 0.2) is 36.9 Å². The molecule has 0 unspecified atom stereocenters. The minimum atomic E-state index is -0.202. The Morgan fingerprint density at radius 1 is 1.18 bits per heavy atom. The summed E-state index contributed by atoms with van der Waals surface area (Å²) >= 11 is 0. The number of nitrogens with one attached hydrogen (secondary N) is 1. The van der Waals surface area contributed by atoms with E-state index in [1.54, 1.807) is 10.6 Å². The van der Waals surface area contributed by atoms with Crippen molar-refractivity contribution in [2.45, 2.75) is 25.8 Å². The van der Waals surface area contributed by atoms with Crippen molar-refractivity contribution in [3.05, 3.63) is 42.5 Å². The van der Waals surface area contributed by atoms with Gasteiger partial charge in [-0.3, -0.25) is 4.79 Å². The molecule has 0 spiro atoms. The van der Waals surface area contributed by atoms with Gasteiger partial charge in [0, 0.05) is 19.6 Å². The van der Waals surface area contributed by atoms with Crippen molar-refractivity contribution in [2.24, 2.45) is 0 Å². The molecule has 0 bridgehead atoms. The van der Waals surface area contributed by atoms with Crippen LogP contribution in [-0.2, 0) is 6.54 Å². The summed E-state index contributed by atoms with van der Waals surface area (Å²) in [6.45, 7) is 7.91. The zero-order chi connectivity index (χ0) is 19.5. The SMILES string of the molecule is C=CCn1c(N)c(C(=O)NCCN2CCCCC2)c2nc3ccccc3nc21. The van der Waals surface area contributed by atoms with Gasteiger partial charge >= 0.3 is 0 Å². The highest BCUT2D eigenvalue weighted by Gasteiger charge is 2.23. The van der Waals surface area contributed by atoms with Gasteiger partial charge in [-0.2, -0.15) is 0 Å². The topological polar surface area (TPSA) is 89.1 Å². The van der Waals surface area contributed by atoms with E-state index in [4.69, 9.17) is 15.7 Å². The number of likely N-dealkylation sites (tertiary alicyclic amines) is 1. The number of hydrogen-bond acceptors (Lipinski definition) is 5. The summed E-state index contributed by atoms with van der Waals surface area (Å²) in [6, 6.07) is 7.62. The summed E-state index contributed by atoms with van der Waals surface area (Å²) in [5, 5.41) is 3.02. The first-order valence-corrected chi connectivity index (χ1v) is 9.85. The van der Waals surface area contributed by atoms with Crippen molar-refractivity contribution in [3.8, 4) is 0 Å². The van der Waals surface area contributed by atoms with Crippen LogP contribution in [0.5, 0.6) is 0 Å². The average Bonchev–Trinajstić information content (AvgIpc) is 2.98. The number of nitrogens with zero attached hydrogens (tertiary/aromatic N) is 4. The Balaban J connectivity index is 1.64. The van der Waals surface area contributed by atoms with E-state index < -0.39 is 0 Å². The minimum Gasteiger partial charge on any atom is -0.384 e. The number of amides is 1. The second kappa shape index (κ2) is 7.98. The molecule has 3 heterocycles. The third-order valence-corrected chi connectivity index (χ3v) is 5.29. The van der Waals surface area contributed by atoms with Crippen LogP contribution >= 0.6 is 0 Å². The summed E-state index contributed by atoms with van der Waals surface area (Å²) in [5.41, 5.74) is 9.40. The van der Waals surface area contributed by atoms with Gasteiger partial charge in [0.2, 0.25) is 0 Å². The van der Waals surface area contributed by atoms with Crippen molar-refractivity contribution in [2.75, 3.05) is 31.9 Å². The lowest BCUT2D eigenvalue weighted by atomic mass is 10.1. The highest BCUT2D eigenvalue weighted by molar-refractivity contribution is 6.10. The summed E-state index contributed by atoms with van der Waals surface area (Å²) in [5.74, 6) is 0.174. The number of nitrogen functional groups attached to an aromatic ring is 1. The Morgan fingerprint density at radius 2 is 1.89 bits per heavy atom.